The average molecular weight is 428 g/mol. The van der Waals surface area contributed by atoms with Crippen molar-refractivity contribution in [3.05, 3.63) is 21.1 Å². The van der Waals surface area contributed by atoms with Crippen molar-refractivity contribution in [2.75, 3.05) is 26.0 Å². The van der Waals surface area contributed by atoms with E-state index in [1.54, 1.807) is 13.2 Å². The number of nitrogens with one attached hydrogen (secondary N) is 2. The number of nitrogens with zero attached hydrogens (tertiary/aromatic N) is 1. The fourth-order valence-corrected chi connectivity index (χ4v) is 5.50. The van der Waals surface area contributed by atoms with Crippen LogP contribution in [0.3, 0.4) is 0 Å². The first-order valence-corrected chi connectivity index (χ1v) is 11.4. The zero-order chi connectivity index (χ0) is 20.3. The van der Waals surface area contributed by atoms with E-state index in [1.165, 1.54) is 23.7 Å². The van der Waals surface area contributed by atoms with Crippen molar-refractivity contribution in [1.29, 1.82) is 0 Å². The number of ketones is 1. The van der Waals surface area contributed by atoms with Crippen LogP contribution < -0.4 is 10.7 Å². The number of carbonyl (C=O) groups is 3. The van der Waals surface area contributed by atoms with Gasteiger partial charge in [0.1, 0.15) is 18.2 Å². The minimum atomic E-state index is -0.573. The number of ether oxygens (including phenoxy) is 2. The standard InChI is InChI=1S/C18H25N3O5S2/c1-4-25-10-7-6-8-11-13(10)15-16(23)14(18(27-3)20-21(15)28-11)17(24)19-9-12(22)26-5-2/h10,15,20H,4-9H2,1-3H3,(H,19,24). The van der Waals surface area contributed by atoms with Crippen molar-refractivity contribution in [2.45, 2.75) is 45.3 Å². The van der Waals surface area contributed by atoms with Crippen LogP contribution in [0.5, 0.6) is 0 Å². The molecule has 0 aromatic heterocycles. The van der Waals surface area contributed by atoms with Gasteiger partial charge in [-0.3, -0.25) is 14.4 Å². The van der Waals surface area contributed by atoms with Crippen LogP contribution in [0.1, 0.15) is 33.1 Å². The zero-order valence-electron chi connectivity index (χ0n) is 16.2. The third-order valence-corrected chi connectivity index (χ3v) is 6.57. The molecular formula is C18H25N3O5S2. The van der Waals surface area contributed by atoms with Gasteiger partial charge in [-0.15, -0.1) is 16.2 Å². The Bertz CT molecular complexity index is 737. The van der Waals surface area contributed by atoms with E-state index < -0.39 is 17.9 Å². The normalized spacial score (nSPS) is 24.6. The van der Waals surface area contributed by atoms with Crippen molar-refractivity contribution in [2.24, 2.45) is 0 Å². The molecule has 10 heteroatoms. The SMILES string of the molecule is CCOC(=O)CNC(=O)C1=C(SC)NN2SC3=C(C(OCC)CCC3)C2C1=O. The van der Waals surface area contributed by atoms with E-state index in [0.29, 0.717) is 11.6 Å². The lowest BCUT2D eigenvalue weighted by Gasteiger charge is -2.34. The molecule has 2 N–H and O–H groups in total. The molecule has 0 saturated carbocycles. The second-order valence-corrected chi connectivity index (χ2v) is 8.29. The Labute approximate surface area is 172 Å². The number of hydrogen-bond acceptors (Lipinski definition) is 9. The van der Waals surface area contributed by atoms with Gasteiger partial charge in [0.15, 0.2) is 5.78 Å². The number of esters is 1. The Hall–Kier alpha value is -1.49. The molecule has 0 saturated heterocycles. The number of fused-ring (bicyclic) bond motifs is 2. The van der Waals surface area contributed by atoms with Crippen molar-refractivity contribution < 1.29 is 23.9 Å². The Kier molecular flexibility index (Phi) is 7.08. The molecular weight excluding hydrogens is 402 g/mol. The minimum Gasteiger partial charge on any atom is -0.465 e. The van der Waals surface area contributed by atoms with Gasteiger partial charge in [0.2, 0.25) is 0 Å². The summed E-state index contributed by atoms with van der Waals surface area (Å²) in [4.78, 5) is 38.8. The first-order valence-electron chi connectivity index (χ1n) is 9.36. The fourth-order valence-electron chi connectivity index (χ4n) is 3.58. The molecule has 0 aromatic carbocycles. The summed E-state index contributed by atoms with van der Waals surface area (Å²) < 4.78 is 12.5. The van der Waals surface area contributed by atoms with E-state index in [1.807, 2.05) is 11.3 Å². The van der Waals surface area contributed by atoms with Crippen LogP contribution in [0.25, 0.3) is 0 Å². The van der Waals surface area contributed by atoms with E-state index in [4.69, 9.17) is 9.47 Å². The van der Waals surface area contributed by atoms with Gasteiger partial charge in [-0.25, -0.2) is 0 Å². The zero-order valence-corrected chi connectivity index (χ0v) is 17.8. The van der Waals surface area contributed by atoms with Crippen molar-refractivity contribution in [1.82, 2.24) is 15.2 Å². The van der Waals surface area contributed by atoms with Gasteiger partial charge in [-0.1, -0.05) is 0 Å². The molecule has 2 unspecified atom stereocenters. The van der Waals surface area contributed by atoms with Crippen LogP contribution in [0.15, 0.2) is 21.1 Å². The molecule has 154 valence electrons. The van der Waals surface area contributed by atoms with Gasteiger partial charge in [0.25, 0.3) is 5.91 Å². The first kappa shape index (κ1) is 21.2. The summed E-state index contributed by atoms with van der Waals surface area (Å²) in [6, 6.07) is -0.573. The monoisotopic (exact) mass is 427 g/mol. The lowest BCUT2D eigenvalue weighted by Crippen LogP contribution is -2.52. The van der Waals surface area contributed by atoms with Crippen molar-refractivity contribution in [3.8, 4) is 0 Å². The molecule has 8 nitrogen and oxygen atoms in total. The summed E-state index contributed by atoms with van der Waals surface area (Å²) in [5.74, 6) is -1.38. The second kappa shape index (κ2) is 9.34. The molecule has 0 radical (unpaired) electrons. The Morgan fingerprint density at radius 3 is 2.82 bits per heavy atom. The fraction of sp³-hybridized carbons (Fsp3) is 0.611. The second-order valence-electron chi connectivity index (χ2n) is 6.41. The van der Waals surface area contributed by atoms with E-state index in [9.17, 15) is 14.4 Å². The molecule has 1 aliphatic carbocycles. The minimum absolute atomic E-state index is 0.0493. The molecule has 3 rings (SSSR count). The van der Waals surface area contributed by atoms with Crippen LogP contribution in [0.4, 0.5) is 0 Å². The molecule has 1 amide bonds. The Morgan fingerprint density at radius 2 is 2.14 bits per heavy atom. The highest BCUT2D eigenvalue weighted by molar-refractivity contribution is 8.02. The summed E-state index contributed by atoms with van der Waals surface area (Å²) in [6.07, 6.45) is 4.48. The van der Waals surface area contributed by atoms with E-state index in [0.717, 1.165) is 29.7 Å². The number of allylic oxidation sites excluding steroid dienone is 1. The molecule has 2 atom stereocenters. The van der Waals surface area contributed by atoms with Crippen molar-refractivity contribution >= 4 is 41.4 Å². The number of rotatable bonds is 7. The van der Waals surface area contributed by atoms with Gasteiger partial charge in [0.05, 0.1) is 17.7 Å². The van der Waals surface area contributed by atoms with Crippen LogP contribution in [-0.4, -0.2) is 60.2 Å². The van der Waals surface area contributed by atoms with Crippen LogP contribution in [0.2, 0.25) is 0 Å². The number of hydrogen-bond donors (Lipinski definition) is 2. The lowest BCUT2D eigenvalue weighted by atomic mass is 9.86. The van der Waals surface area contributed by atoms with Gasteiger partial charge >= 0.3 is 5.97 Å². The highest BCUT2D eigenvalue weighted by Gasteiger charge is 2.49. The quantitative estimate of drug-likeness (QED) is 0.356. The number of Topliss-reactive ketones (excluding diaryl/α,β-unsaturated/α-hetero) is 1. The van der Waals surface area contributed by atoms with Crippen molar-refractivity contribution in [3.63, 3.8) is 0 Å². The van der Waals surface area contributed by atoms with E-state index in [-0.39, 0.29) is 30.6 Å². The largest absolute Gasteiger partial charge is 0.465 e. The molecule has 28 heavy (non-hydrogen) atoms. The molecule has 0 spiro atoms. The number of thioether (sulfide) groups is 1. The smallest absolute Gasteiger partial charge is 0.325 e. The third kappa shape index (κ3) is 4.10. The lowest BCUT2D eigenvalue weighted by molar-refractivity contribution is -0.143. The molecule has 0 fully saturated rings. The maximum Gasteiger partial charge on any atom is 0.325 e. The summed E-state index contributed by atoms with van der Waals surface area (Å²) >= 11 is 2.81. The topological polar surface area (TPSA) is 97.0 Å². The maximum atomic E-state index is 13.4. The molecule has 0 aromatic rings. The highest BCUT2D eigenvalue weighted by atomic mass is 32.2. The van der Waals surface area contributed by atoms with E-state index in [2.05, 4.69) is 10.7 Å². The molecule has 2 heterocycles. The van der Waals surface area contributed by atoms with Gasteiger partial charge < -0.3 is 20.2 Å². The predicted octanol–water partition coefficient (Wildman–Crippen LogP) is 1.50. The predicted molar refractivity (Wildman–Crippen MR) is 108 cm³/mol. The first-order chi connectivity index (χ1) is 13.5. The Balaban J connectivity index is 1.84. The van der Waals surface area contributed by atoms with Crippen LogP contribution >= 0.6 is 23.7 Å². The summed E-state index contributed by atoms with van der Waals surface area (Å²) in [5, 5.41) is 2.98. The molecule has 2 aliphatic heterocycles. The molecule has 3 aliphatic rings. The summed E-state index contributed by atoms with van der Waals surface area (Å²) in [5.41, 5.74) is 4.22. The Morgan fingerprint density at radius 1 is 1.36 bits per heavy atom. The molecule has 0 bridgehead atoms. The number of hydrazine groups is 1. The third-order valence-electron chi connectivity index (χ3n) is 4.71. The maximum absolute atomic E-state index is 13.4. The average Bonchev–Trinajstić information content (AvgIpc) is 3.06. The summed E-state index contributed by atoms with van der Waals surface area (Å²) in [6.45, 7) is 4.16. The van der Waals surface area contributed by atoms with Crippen LogP contribution in [-0.2, 0) is 23.9 Å². The number of carbonyl (C=O) groups excluding carboxylic acids is 3. The van der Waals surface area contributed by atoms with E-state index >= 15 is 0 Å². The highest BCUT2D eigenvalue weighted by Crippen LogP contribution is 2.48. The van der Waals surface area contributed by atoms with Gasteiger partial charge in [-0.2, -0.15) is 0 Å². The van der Waals surface area contributed by atoms with Gasteiger partial charge in [-0.05, 0) is 56.9 Å². The van der Waals surface area contributed by atoms with Crippen LogP contribution in [0, 0.1) is 0 Å². The summed E-state index contributed by atoms with van der Waals surface area (Å²) in [7, 11) is 0. The number of amides is 1. The van der Waals surface area contributed by atoms with Gasteiger partial charge in [0, 0.05) is 11.5 Å².